The highest BCUT2D eigenvalue weighted by molar-refractivity contribution is 14.1. The molecule has 0 bridgehead atoms. The molecule has 1 atom stereocenters. The van der Waals surface area contributed by atoms with Crippen LogP contribution >= 0.6 is 46.6 Å². The number of benzene rings is 1. The van der Waals surface area contributed by atoms with Crippen LogP contribution in [0, 0.1) is 9.49 Å². The molecule has 3 N–H and O–H groups in total. The Morgan fingerprint density at radius 2 is 2.22 bits per heavy atom. The van der Waals surface area contributed by atoms with Crippen molar-refractivity contribution in [2.45, 2.75) is 18.9 Å². The summed E-state index contributed by atoms with van der Waals surface area (Å²) in [6.45, 7) is 0.495. The summed E-state index contributed by atoms with van der Waals surface area (Å²) in [5, 5.41) is 3.57. The van der Waals surface area contributed by atoms with Crippen LogP contribution in [0.2, 0.25) is 5.02 Å². The number of halogens is 3. The summed E-state index contributed by atoms with van der Waals surface area (Å²) in [5.74, 6) is 0.467. The molecular formula is C12H15Cl2IN2O. The van der Waals surface area contributed by atoms with Gasteiger partial charge in [0.1, 0.15) is 0 Å². The number of carbonyl (C=O) groups excluding carboxylic acids is 1. The van der Waals surface area contributed by atoms with Gasteiger partial charge < -0.3 is 11.1 Å². The Morgan fingerprint density at radius 1 is 1.56 bits per heavy atom. The van der Waals surface area contributed by atoms with Gasteiger partial charge in [0.2, 0.25) is 0 Å². The largest absolute Gasteiger partial charge is 0.348 e. The molecule has 6 heteroatoms. The first-order chi connectivity index (χ1) is 8.11. The average molecular weight is 401 g/mol. The molecule has 2 rings (SSSR count). The highest BCUT2D eigenvalue weighted by Gasteiger charge is 2.31. The zero-order chi connectivity index (χ0) is 12.4. The molecule has 18 heavy (non-hydrogen) atoms. The van der Waals surface area contributed by atoms with Crippen molar-refractivity contribution in [2.75, 3.05) is 6.54 Å². The molecule has 0 aromatic heterocycles. The summed E-state index contributed by atoms with van der Waals surface area (Å²) in [5.41, 5.74) is 6.24. The van der Waals surface area contributed by atoms with E-state index in [2.05, 4.69) is 27.9 Å². The lowest BCUT2D eigenvalue weighted by atomic mass is 10.1. The number of carbonyl (C=O) groups is 1. The number of hydrogen-bond acceptors (Lipinski definition) is 2. The molecule has 0 spiro atoms. The number of rotatable bonds is 4. The molecule has 1 aromatic rings. The van der Waals surface area contributed by atoms with Crippen LogP contribution in [-0.2, 0) is 0 Å². The summed E-state index contributed by atoms with van der Waals surface area (Å²) in [7, 11) is 0. The molecule has 1 amide bonds. The molecule has 0 radical (unpaired) electrons. The summed E-state index contributed by atoms with van der Waals surface area (Å²) < 4.78 is 0.943. The zero-order valence-electron chi connectivity index (χ0n) is 9.66. The first-order valence-electron chi connectivity index (χ1n) is 5.58. The van der Waals surface area contributed by atoms with Gasteiger partial charge in [-0.3, -0.25) is 4.79 Å². The summed E-state index contributed by atoms with van der Waals surface area (Å²) in [4.78, 5) is 12.0. The van der Waals surface area contributed by atoms with Crippen LogP contribution in [0.1, 0.15) is 23.2 Å². The van der Waals surface area contributed by atoms with E-state index in [4.69, 9.17) is 17.3 Å². The fourth-order valence-corrected chi connectivity index (χ4v) is 2.27. The summed E-state index contributed by atoms with van der Waals surface area (Å²) in [6.07, 6.45) is 2.32. The van der Waals surface area contributed by atoms with Gasteiger partial charge in [-0.25, -0.2) is 0 Å². The van der Waals surface area contributed by atoms with E-state index in [1.807, 2.05) is 6.07 Å². The summed E-state index contributed by atoms with van der Waals surface area (Å²) >= 11 is 8.13. The highest BCUT2D eigenvalue weighted by Crippen LogP contribution is 2.32. The standard InChI is InChI=1S/C12H14ClIN2O.ClH/c13-9-5-8(3-4-10(9)14)12(17)16-11(6-15)7-1-2-7;/h3-5,7,11H,1-2,6,15H2,(H,16,17);1H. The average Bonchev–Trinajstić information content (AvgIpc) is 3.13. The monoisotopic (exact) mass is 400 g/mol. The molecule has 1 aliphatic carbocycles. The highest BCUT2D eigenvalue weighted by atomic mass is 127. The maximum Gasteiger partial charge on any atom is 0.251 e. The third-order valence-corrected chi connectivity index (χ3v) is 4.52. The molecule has 0 heterocycles. The Hall–Kier alpha value is -0.0400. The zero-order valence-corrected chi connectivity index (χ0v) is 13.4. The van der Waals surface area contributed by atoms with Crippen molar-refractivity contribution in [2.24, 2.45) is 11.7 Å². The predicted octanol–water partition coefficient (Wildman–Crippen LogP) is 2.83. The van der Waals surface area contributed by atoms with E-state index < -0.39 is 0 Å². The van der Waals surface area contributed by atoms with Crippen LogP contribution < -0.4 is 11.1 Å². The second-order valence-electron chi connectivity index (χ2n) is 4.28. The fraction of sp³-hybridized carbons (Fsp3) is 0.417. The van der Waals surface area contributed by atoms with E-state index in [1.165, 1.54) is 0 Å². The third-order valence-electron chi connectivity index (χ3n) is 2.94. The Balaban J connectivity index is 0.00000162. The molecular weight excluding hydrogens is 386 g/mol. The SMILES string of the molecule is Cl.NCC(NC(=O)c1ccc(I)c(Cl)c1)C1CC1. The number of amides is 1. The molecule has 1 aliphatic rings. The first kappa shape index (κ1) is 16.0. The maximum absolute atomic E-state index is 12.0. The smallest absolute Gasteiger partial charge is 0.251 e. The van der Waals surface area contributed by atoms with E-state index in [0.717, 1.165) is 16.4 Å². The van der Waals surface area contributed by atoms with E-state index in [-0.39, 0.29) is 24.4 Å². The van der Waals surface area contributed by atoms with Crippen molar-refractivity contribution in [3.05, 3.63) is 32.4 Å². The molecule has 3 nitrogen and oxygen atoms in total. The minimum atomic E-state index is -0.0920. The van der Waals surface area contributed by atoms with Gasteiger partial charge in [0.15, 0.2) is 0 Å². The Morgan fingerprint density at radius 3 is 2.72 bits per heavy atom. The lowest BCUT2D eigenvalue weighted by molar-refractivity contribution is 0.0933. The molecule has 0 aliphatic heterocycles. The number of nitrogens with two attached hydrogens (primary N) is 1. The van der Waals surface area contributed by atoms with Crippen molar-refractivity contribution in [3.63, 3.8) is 0 Å². The molecule has 100 valence electrons. The van der Waals surface area contributed by atoms with Crippen molar-refractivity contribution in [3.8, 4) is 0 Å². The van der Waals surface area contributed by atoms with Gasteiger partial charge in [-0.15, -0.1) is 12.4 Å². The molecule has 1 fully saturated rings. The number of hydrogen-bond donors (Lipinski definition) is 2. The van der Waals surface area contributed by atoms with E-state index in [9.17, 15) is 4.79 Å². The van der Waals surface area contributed by atoms with E-state index in [1.54, 1.807) is 12.1 Å². The van der Waals surface area contributed by atoms with Gasteiger partial charge in [-0.2, -0.15) is 0 Å². The van der Waals surface area contributed by atoms with Gasteiger partial charge in [0, 0.05) is 21.7 Å². The van der Waals surface area contributed by atoms with Gasteiger partial charge in [0.25, 0.3) is 5.91 Å². The molecule has 1 unspecified atom stereocenters. The fourth-order valence-electron chi connectivity index (χ4n) is 1.76. The topological polar surface area (TPSA) is 55.1 Å². The minimum absolute atomic E-state index is 0. The Kier molecular flexibility index (Phi) is 6.17. The predicted molar refractivity (Wildman–Crippen MR) is 84.4 cm³/mol. The lowest BCUT2D eigenvalue weighted by Crippen LogP contribution is -2.41. The quantitative estimate of drug-likeness (QED) is 0.763. The second kappa shape index (κ2) is 6.93. The second-order valence-corrected chi connectivity index (χ2v) is 5.85. The van der Waals surface area contributed by atoms with Crippen LogP contribution in [0.15, 0.2) is 18.2 Å². The molecule has 1 aromatic carbocycles. The van der Waals surface area contributed by atoms with E-state index in [0.29, 0.717) is 23.0 Å². The Labute approximate surface area is 131 Å². The van der Waals surface area contributed by atoms with Crippen LogP contribution in [0.3, 0.4) is 0 Å². The van der Waals surface area contributed by atoms with Crippen molar-refractivity contribution >= 4 is 52.5 Å². The van der Waals surface area contributed by atoms with Gasteiger partial charge in [-0.05, 0) is 59.5 Å². The van der Waals surface area contributed by atoms with Crippen molar-refractivity contribution in [1.82, 2.24) is 5.32 Å². The minimum Gasteiger partial charge on any atom is -0.348 e. The van der Waals surface area contributed by atoms with Crippen LogP contribution in [0.4, 0.5) is 0 Å². The third kappa shape index (κ3) is 3.98. The van der Waals surface area contributed by atoms with Gasteiger partial charge >= 0.3 is 0 Å². The molecule has 1 saturated carbocycles. The van der Waals surface area contributed by atoms with Gasteiger partial charge in [0.05, 0.1) is 5.02 Å². The Bertz CT molecular complexity index is 438. The van der Waals surface area contributed by atoms with Crippen molar-refractivity contribution in [1.29, 1.82) is 0 Å². The maximum atomic E-state index is 12.0. The van der Waals surface area contributed by atoms with Crippen LogP contribution in [-0.4, -0.2) is 18.5 Å². The van der Waals surface area contributed by atoms with Crippen molar-refractivity contribution < 1.29 is 4.79 Å². The number of nitrogens with one attached hydrogen (secondary N) is 1. The molecule has 0 saturated heterocycles. The summed E-state index contributed by atoms with van der Waals surface area (Å²) in [6, 6.07) is 5.41. The van der Waals surface area contributed by atoms with Crippen LogP contribution in [0.5, 0.6) is 0 Å². The lowest BCUT2D eigenvalue weighted by Gasteiger charge is -2.16. The first-order valence-corrected chi connectivity index (χ1v) is 7.03. The normalized spacial score (nSPS) is 15.7. The van der Waals surface area contributed by atoms with Gasteiger partial charge in [-0.1, -0.05) is 11.6 Å². The van der Waals surface area contributed by atoms with E-state index >= 15 is 0 Å². The van der Waals surface area contributed by atoms with Crippen LogP contribution in [0.25, 0.3) is 0 Å².